The van der Waals surface area contributed by atoms with Crippen molar-refractivity contribution in [3.63, 3.8) is 0 Å². The molecule has 2 aliphatic rings. The Morgan fingerprint density at radius 1 is 1.27 bits per heavy atom. The Morgan fingerprint density at radius 2 is 2.10 bits per heavy atom. The van der Waals surface area contributed by atoms with Crippen LogP contribution in [-0.2, 0) is 19.5 Å². The molecule has 1 aliphatic carbocycles. The summed E-state index contributed by atoms with van der Waals surface area (Å²) in [5.74, 6) is 4.93. The lowest BCUT2D eigenvalue weighted by Gasteiger charge is -2.25. The van der Waals surface area contributed by atoms with Crippen LogP contribution >= 0.6 is 0 Å². The van der Waals surface area contributed by atoms with Crippen LogP contribution in [0.2, 0.25) is 0 Å². The largest absolute Gasteiger partial charge is 0.493 e. The Morgan fingerprint density at radius 3 is 2.87 bits per heavy atom. The highest BCUT2D eigenvalue weighted by Gasteiger charge is 2.24. The maximum atomic E-state index is 6.04. The van der Waals surface area contributed by atoms with Gasteiger partial charge in [0.15, 0.2) is 11.8 Å². The Balaban J connectivity index is 1.39. The molecule has 1 aromatic heterocycles. The number of guanidine groups is 1. The van der Waals surface area contributed by atoms with Crippen molar-refractivity contribution < 1.29 is 4.74 Å². The summed E-state index contributed by atoms with van der Waals surface area (Å²) in [7, 11) is 0. The quantitative estimate of drug-likeness (QED) is 0.516. The van der Waals surface area contributed by atoms with E-state index in [4.69, 9.17) is 9.73 Å². The van der Waals surface area contributed by atoms with E-state index >= 15 is 0 Å². The van der Waals surface area contributed by atoms with E-state index < -0.39 is 0 Å². The fourth-order valence-corrected chi connectivity index (χ4v) is 3.64. The minimum Gasteiger partial charge on any atom is -0.493 e. The van der Waals surface area contributed by atoms with Crippen molar-refractivity contribution in [2.75, 3.05) is 13.2 Å². The molecule has 1 saturated carbocycles. The first kappa shape index (κ1) is 20.7. The van der Waals surface area contributed by atoms with Crippen molar-refractivity contribution >= 4 is 5.96 Å². The van der Waals surface area contributed by atoms with Crippen molar-refractivity contribution in [3.05, 3.63) is 41.5 Å². The van der Waals surface area contributed by atoms with Crippen LogP contribution in [0.25, 0.3) is 0 Å². The van der Waals surface area contributed by atoms with E-state index in [1.807, 2.05) is 12.1 Å². The molecule has 4 rings (SSSR count). The SMILES string of the molecule is CCNC(=NCc1ccccc1OCC1CC1)NC1CCc2nc(C(C)C)nn2C1. The fraction of sp³-hybridized carbons (Fsp3) is 0.609. The Kier molecular flexibility index (Phi) is 6.55. The fourth-order valence-electron chi connectivity index (χ4n) is 3.64. The molecule has 0 bridgehead atoms. The van der Waals surface area contributed by atoms with Crippen LogP contribution < -0.4 is 15.4 Å². The molecule has 7 nitrogen and oxygen atoms in total. The molecule has 2 heterocycles. The average molecular weight is 411 g/mol. The number of ether oxygens (including phenoxy) is 1. The van der Waals surface area contributed by atoms with Gasteiger partial charge in [-0.05, 0) is 38.2 Å². The van der Waals surface area contributed by atoms with Crippen molar-refractivity contribution in [1.82, 2.24) is 25.4 Å². The van der Waals surface area contributed by atoms with E-state index in [1.54, 1.807) is 0 Å². The third kappa shape index (κ3) is 5.32. The predicted octanol–water partition coefficient (Wildman–Crippen LogP) is 3.26. The molecule has 0 spiro atoms. The first-order chi connectivity index (χ1) is 14.6. The number of hydrogen-bond acceptors (Lipinski definition) is 4. The van der Waals surface area contributed by atoms with Crippen molar-refractivity contribution in [3.8, 4) is 5.75 Å². The molecule has 1 atom stereocenters. The topological polar surface area (TPSA) is 76.4 Å². The van der Waals surface area contributed by atoms with Gasteiger partial charge in [-0.25, -0.2) is 14.7 Å². The Bertz CT molecular complexity index is 870. The highest BCUT2D eigenvalue weighted by molar-refractivity contribution is 5.80. The van der Waals surface area contributed by atoms with E-state index in [9.17, 15) is 0 Å². The Labute approximate surface area is 179 Å². The summed E-state index contributed by atoms with van der Waals surface area (Å²) >= 11 is 0. The van der Waals surface area contributed by atoms with Crippen LogP contribution in [-0.4, -0.2) is 39.9 Å². The van der Waals surface area contributed by atoms with Gasteiger partial charge in [-0.2, -0.15) is 5.10 Å². The number of fused-ring (bicyclic) bond motifs is 1. The molecule has 7 heteroatoms. The molecule has 2 N–H and O–H groups in total. The zero-order valence-electron chi connectivity index (χ0n) is 18.4. The molecular formula is C23H34N6O. The second kappa shape index (κ2) is 9.49. The number of rotatable bonds is 8. The van der Waals surface area contributed by atoms with E-state index in [1.165, 1.54) is 12.8 Å². The monoisotopic (exact) mass is 410 g/mol. The van der Waals surface area contributed by atoms with Crippen molar-refractivity contribution in [2.24, 2.45) is 10.9 Å². The molecule has 1 aromatic carbocycles. The molecule has 162 valence electrons. The molecule has 0 amide bonds. The standard InChI is InChI=1S/C23H34N6O/c1-4-24-23(25-13-18-7-5-6-8-20(18)30-15-17-9-10-17)26-19-11-12-21-27-22(16(2)3)28-29(21)14-19/h5-8,16-17,19H,4,9-15H2,1-3H3,(H2,24,25,26). The molecule has 30 heavy (non-hydrogen) atoms. The number of para-hydroxylation sites is 1. The summed E-state index contributed by atoms with van der Waals surface area (Å²) in [6.07, 6.45) is 4.56. The minimum atomic E-state index is 0.290. The molecule has 1 aliphatic heterocycles. The smallest absolute Gasteiger partial charge is 0.191 e. The minimum absolute atomic E-state index is 0.290. The van der Waals surface area contributed by atoms with Crippen LogP contribution in [0.1, 0.15) is 63.2 Å². The lowest BCUT2D eigenvalue weighted by Crippen LogP contribution is -2.47. The number of aliphatic imine (C=N–C) groups is 1. The van der Waals surface area contributed by atoms with Crippen LogP contribution in [0.4, 0.5) is 0 Å². The van der Waals surface area contributed by atoms with Crippen LogP contribution in [0, 0.1) is 5.92 Å². The summed E-state index contributed by atoms with van der Waals surface area (Å²) in [5, 5.41) is 11.7. The van der Waals surface area contributed by atoms with Crippen molar-refractivity contribution in [2.45, 2.75) is 71.5 Å². The summed E-state index contributed by atoms with van der Waals surface area (Å²) in [6.45, 7) is 9.42. The highest BCUT2D eigenvalue weighted by atomic mass is 16.5. The molecule has 1 unspecified atom stereocenters. The van der Waals surface area contributed by atoms with E-state index in [2.05, 4.69) is 58.3 Å². The maximum absolute atomic E-state index is 6.04. The second-order valence-electron chi connectivity index (χ2n) is 8.66. The number of aromatic nitrogens is 3. The van der Waals surface area contributed by atoms with Crippen LogP contribution in [0.15, 0.2) is 29.3 Å². The summed E-state index contributed by atoms with van der Waals surface area (Å²) < 4.78 is 8.09. The molecule has 2 aromatic rings. The third-order valence-corrected chi connectivity index (χ3v) is 5.63. The van der Waals surface area contributed by atoms with Crippen LogP contribution in [0.5, 0.6) is 5.75 Å². The number of nitrogens with one attached hydrogen (secondary N) is 2. The third-order valence-electron chi connectivity index (χ3n) is 5.63. The van der Waals surface area contributed by atoms with Crippen molar-refractivity contribution in [1.29, 1.82) is 0 Å². The van der Waals surface area contributed by atoms with Gasteiger partial charge < -0.3 is 15.4 Å². The van der Waals surface area contributed by atoms with E-state index in [0.717, 1.165) is 67.4 Å². The van der Waals surface area contributed by atoms with E-state index in [0.29, 0.717) is 18.5 Å². The van der Waals surface area contributed by atoms with E-state index in [-0.39, 0.29) is 0 Å². The highest BCUT2D eigenvalue weighted by Crippen LogP contribution is 2.30. The normalized spacial score (nSPS) is 18.9. The Hall–Kier alpha value is -2.57. The predicted molar refractivity (Wildman–Crippen MR) is 119 cm³/mol. The molecule has 0 saturated heterocycles. The number of benzene rings is 1. The van der Waals surface area contributed by atoms with Gasteiger partial charge in [0.25, 0.3) is 0 Å². The first-order valence-electron chi connectivity index (χ1n) is 11.3. The van der Waals surface area contributed by atoms with Gasteiger partial charge in [-0.1, -0.05) is 32.0 Å². The summed E-state index contributed by atoms with van der Waals surface area (Å²) in [5.41, 5.74) is 1.12. The molecular weight excluding hydrogens is 376 g/mol. The lowest BCUT2D eigenvalue weighted by atomic mass is 10.1. The molecule has 0 radical (unpaired) electrons. The number of aryl methyl sites for hydroxylation is 1. The van der Waals surface area contributed by atoms with Gasteiger partial charge in [0, 0.05) is 30.5 Å². The summed E-state index contributed by atoms with van der Waals surface area (Å²) in [6, 6.07) is 8.52. The number of nitrogens with zero attached hydrogens (tertiary/aromatic N) is 4. The zero-order valence-corrected chi connectivity index (χ0v) is 18.4. The van der Waals surface area contributed by atoms with Gasteiger partial charge in [-0.3, -0.25) is 0 Å². The lowest BCUT2D eigenvalue weighted by molar-refractivity contribution is 0.297. The number of hydrogen-bond donors (Lipinski definition) is 2. The van der Waals surface area contributed by atoms with Gasteiger partial charge in [-0.15, -0.1) is 0 Å². The van der Waals surface area contributed by atoms with Crippen LogP contribution in [0.3, 0.4) is 0 Å². The van der Waals surface area contributed by atoms with Gasteiger partial charge in [0.1, 0.15) is 11.6 Å². The maximum Gasteiger partial charge on any atom is 0.191 e. The van der Waals surface area contributed by atoms with Gasteiger partial charge >= 0.3 is 0 Å². The second-order valence-corrected chi connectivity index (χ2v) is 8.66. The van der Waals surface area contributed by atoms with Gasteiger partial charge in [0.2, 0.25) is 0 Å². The van der Waals surface area contributed by atoms with Gasteiger partial charge in [0.05, 0.1) is 19.7 Å². The summed E-state index contributed by atoms with van der Waals surface area (Å²) in [4.78, 5) is 9.52. The molecule has 1 fully saturated rings. The average Bonchev–Trinajstić information content (AvgIpc) is 3.47. The zero-order chi connectivity index (χ0) is 20.9. The first-order valence-corrected chi connectivity index (χ1v) is 11.3.